The first-order valence-corrected chi connectivity index (χ1v) is 7.23. The molecule has 2 heterocycles. The molecule has 0 bridgehead atoms. The van der Waals surface area contributed by atoms with Crippen molar-refractivity contribution in [1.82, 2.24) is 0 Å². The SMILES string of the molecule is [NH3+]C1[C@H](O)OC(CO)[C@@H](O[C@@H]2OC(CO)[C@H](O)[C@H](O)C2O)[C@@H]1O. The quantitative estimate of drug-likeness (QED) is 0.243. The summed E-state index contributed by atoms with van der Waals surface area (Å²) in [7, 11) is 0. The highest BCUT2D eigenvalue weighted by Gasteiger charge is 2.50. The van der Waals surface area contributed by atoms with Gasteiger partial charge in [0, 0.05) is 0 Å². The molecular formula is C12H24NO10+. The largest absolute Gasteiger partial charge is 0.394 e. The van der Waals surface area contributed by atoms with Crippen LogP contribution in [0.15, 0.2) is 0 Å². The van der Waals surface area contributed by atoms with E-state index in [1.807, 2.05) is 0 Å². The van der Waals surface area contributed by atoms with Gasteiger partial charge >= 0.3 is 0 Å². The zero-order chi connectivity index (χ0) is 17.3. The van der Waals surface area contributed by atoms with Gasteiger partial charge in [-0.2, -0.15) is 0 Å². The Labute approximate surface area is 131 Å². The minimum atomic E-state index is -1.66. The molecule has 0 aromatic heterocycles. The number of quaternary nitrogens is 1. The normalized spacial score (nSPS) is 51.7. The number of ether oxygens (including phenoxy) is 3. The van der Waals surface area contributed by atoms with E-state index in [0.29, 0.717) is 0 Å². The van der Waals surface area contributed by atoms with Crippen LogP contribution in [0.5, 0.6) is 0 Å². The highest BCUT2D eigenvalue weighted by Crippen LogP contribution is 2.27. The molecule has 23 heavy (non-hydrogen) atoms. The van der Waals surface area contributed by atoms with Crippen molar-refractivity contribution < 1.29 is 55.7 Å². The van der Waals surface area contributed by atoms with E-state index in [2.05, 4.69) is 5.73 Å². The van der Waals surface area contributed by atoms with Gasteiger partial charge in [-0.25, -0.2) is 0 Å². The summed E-state index contributed by atoms with van der Waals surface area (Å²) in [5.41, 5.74) is 3.53. The highest BCUT2D eigenvalue weighted by molar-refractivity contribution is 4.93. The Bertz CT molecular complexity index is 383. The molecule has 2 aliphatic rings. The Morgan fingerprint density at radius 1 is 0.783 bits per heavy atom. The zero-order valence-electron chi connectivity index (χ0n) is 12.3. The van der Waals surface area contributed by atoms with Crippen molar-refractivity contribution in [3.63, 3.8) is 0 Å². The van der Waals surface area contributed by atoms with Crippen LogP contribution in [-0.2, 0) is 14.2 Å². The summed E-state index contributed by atoms with van der Waals surface area (Å²) in [6, 6.07) is -0.979. The van der Waals surface area contributed by atoms with Gasteiger partial charge in [0.1, 0.15) is 42.7 Å². The van der Waals surface area contributed by atoms with E-state index in [9.17, 15) is 30.6 Å². The molecule has 0 aromatic carbocycles. The van der Waals surface area contributed by atoms with E-state index in [4.69, 9.17) is 19.3 Å². The van der Waals surface area contributed by atoms with Gasteiger partial charge in [-0.3, -0.25) is 0 Å². The Kier molecular flexibility index (Phi) is 6.27. The second-order valence-electron chi connectivity index (χ2n) is 5.70. The summed E-state index contributed by atoms with van der Waals surface area (Å²) in [5, 5.41) is 67.5. The van der Waals surface area contributed by atoms with Crippen molar-refractivity contribution >= 4 is 0 Å². The van der Waals surface area contributed by atoms with Gasteiger partial charge in [0.15, 0.2) is 12.3 Å². The third kappa shape index (κ3) is 3.65. The third-order valence-electron chi connectivity index (χ3n) is 4.14. The molecule has 11 nitrogen and oxygen atoms in total. The maximum Gasteiger partial charge on any atom is 0.211 e. The number of aliphatic hydroxyl groups excluding tert-OH is 7. The topological polar surface area (TPSA) is 197 Å². The number of rotatable bonds is 4. The lowest BCUT2D eigenvalue weighted by Gasteiger charge is -2.44. The molecule has 0 spiro atoms. The standard InChI is InChI=1S/C12H23NO10/c13-5-7(17)10(4(2-15)21-11(5)20)23-12-9(19)8(18)6(16)3(1-14)22-12/h3-12,14-20H,1-2,13H2/p+1/t3?,4?,5?,6-,7+,8-,9?,10+,11+,12-/m0/s1. The smallest absolute Gasteiger partial charge is 0.211 e. The minimum absolute atomic E-state index is 0.594. The van der Waals surface area contributed by atoms with Crippen molar-refractivity contribution in [3.8, 4) is 0 Å². The maximum atomic E-state index is 10.1. The van der Waals surface area contributed by atoms with Crippen molar-refractivity contribution in [2.24, 2.45) is 0 Å². The average Bonchev–Trinajstić information content (AvgIpc) is 2.55. The fourth-order valence-electron chi connectivity index (χ4n) is 2.64. The van der Waals surface area contributed by atoms with E-state index >= 15 is 0 Å². The molecular weight excluding hydrogens is 318 g/mol. The molecule has 2 rings (SSSR count). The van der Waals surface area contributed by atoms with Crippen LogP contribution in [0.1, 0.15) is 0 Å². The number of aliphatic hydroxyl groups is 7. The van der Waals surface area contributed by atoms with E-state index in [-0.39, 0.29) is 0 Å². The molecule has 0 saturated carbocycles. The van der Waals surface area contributed by atoms with Crippen molar-refractivity contribution in [3.05, 3.63) is 0 Å². The Hall–Kier alpha value is -0.440. The molecule has 0 aliphatic carbocycles. The van der Waals surface area contributed by atoms with Crippen LogP contribution >= 0.6 is 0 Å². The lowest BCUT2D eigenvalue weighted by atomic mass is 9.96. The monoisotopic (exact) mass is 342 g/mol. The predicted octanol–water partition coefficient (Wildman–Crippen LogP) is -6.15. The molecule has 10 atom stereocenters. The van der Waals surface area contributed by atoms with Gasteiger partial charge in [0.25, 0.3) is 0 Å². The van der Waals surface area contributed by atoms with Gasteiger partial charge in [0.05, 0.1) is 13.2 Å². The predicted molar refractivity (Wildman–Crippen MR) is 69.3 cm³/mol. The first-order chi connectivity index (χ1) is 10.8. The van der Waals surface area contributed by atoms with Gasteiger partial charge in [-0.1, -0.05) is 0 Å². The van der Waals surface area contributed by atoms with E-state index < -0.39 is 74.6 Å². The Balaban J connectivity index is 2.11. The van der Waals surface area contributed by atoms with Gasteiger partial charge < -0.3 is 55.7 Å². The summed E-state index contributed by atoms with van der Waals surface area (Å²) in [6.45, 7) is -1.22. The van der Waals surface area contributed by atoms with E-state index in [1.54, 1.807) is 0 Å². The average molecular weight is 342 g/mol. The molecule has 0 amide bonds. The van der Waals surface area contributed by atoms with Crippen LogP contribution in [0.25, 0.3) is 0 Å². The molecule has 11 heteroatoms. The maximum absolute atomic E-state index is 10.1. The van der Waals surface area contributed by atoms with Gasteiger partial charge in [0.2, 0.25) is 6.29 Å². The summed E-state index contributed by atoms with van der Waals surface area (Å²) in [4.78, 5) is 0. The zero-order valence-corrected chi connectivity index (χ0v) is 12.3. The fourth-order valence-corrected chi connectivity index (χ4v) is 2.64. The first kappa shape index (κ1) is 18.9. The van der Waals surface area contributed by atoms with Crippen molar-refractivity contribution in [2.75, 3.05) is 13.2 Å². The molecule has 136 valence electrons. The molecule has 0 aromatic rings. The van der Waals surface area contributed by atoms with Crippen LogP contribution in [0.2, 0.25) is 0 Å². The van der Waals surface area contributed by atoms with Crippen LogP contribution < -0.4 is 5.73 Å². The first-order valence-electron chi connectivity index (χ1n) is 7.23. The van der Waals surface area contributed by atoms with Crippen molar-refractivity contribution in [1.29, 1.82) is 0 Å². The van der Waals surface area contributed by atoms with E-state index in [1.165, 1.54) is 0 Å². The summed E-state index contributed by atoms with van der Waals surface area (Å²) in [6.07, 6.45) is -12.6. The second-order valence-corrected chi connectivity index (χ2v) is 5.70. The molecule has 10 N–H and O–H groups in total. The second kappa shape index (κ2) is 7.63. The van der Waals surface area contributed by atoms with Crippen LogP contribution in [0.4, 0.5) is 0 Å². The lowest BCUT2D eigenvalue weighted by Crippen LogP contribution is -2.78. The number of hydrogen-bond acceptors (Lipinski definition) is 10. The summed E-state index contributed by atoms with van der Waals surface area (Å²) >= 11 is 0. The molecule has 4 unspecified atom stereocenters. The van der Waals surface area contributed by atoms with Gasteiger partial charge in [-0.05, 0) is 0 Å². The van der Waals surface area contributed by atoms with Gasteiger partial charge in [-0.15, -0.1) is 0 Å². The van der Waals surface area contributed by atoms with Crippen LogP contribution in [0, 0.1) is 0 Å². The molecule has 2 saturated heterocycles. The Morgan fingerprint density at radius 2 is 1.39 bits per heavy atom. The molecule has 2 aliphatic heterocycles. The molecule has 2 fully saturated rings. The highest BCUT2D eigenvalue weighted by atomic mass is 16.7. The summed E-state index contributed by atoms with van der Waals surface area (Å²) < 4.78 is 15.6. The molecule has 0 radical (unpaired) electrons. The minimum Gasteiger partial charge on any atom is -0.394 e. The Morgan fingerprint density at radius 3 is 1.96 bits per heavy atom. The van der Waals surface area contributed by atoms with Crippen LogP contribution in [0.3, 0.4) is 0 Å². The number of hydrogen-bond donors (Lipinski definition) is 8. The summed E-state index contributed by atoms with van der Waals surface area (Å²) in [5.74, 6) is 0. The van der Waals surface area contributed by atoms with E-state index in [0.717, 1.165) is 0 Å². The third-order valence-corrected chi connectivity index (χ3v) is 4.14. The lowest BCUT2D eigenvalue weighted by molar-refractivity contribution is -0.502. The van der Waals surface area contributed by atoms with Crippen molar-refractivity contribution in [2.45, 2.75) is 61.3 Å². The fraction of sp³-hybridized carbons (Fsp3) is 1.00. The van der Waals surface area contributed by atoms with Crippen LogP contribution in [-0.4, -0.2) is 110 Å².